The Morgan fingerprint density at radius 1 is 0.640 bits per heavy atom. The highest BCUT2D eigenvalue weighted by Crippen LogP contribution is 2.31. The standard InChI is InChI=1S/C50H56F5N5S.C10H12.C4H8/c1-31(26-41-46(51)48(53)50(55)49(54)47(41)52)44(60-45(61)24-18-35-14-9-6-10-15-35)30-39-28-37(21-20-36(39)19-17-34-12-7-5-8-13-34)38-22-23-43(57)40(29-38)27-32(2)59-33(3)42(56)16-11-25-58-4;1-2-3-7-10-8-5-4-6-9-10;1-3-4-2/h5-10,12-15,20-23,28-29,32,42,44,58-59H,1,3,11,16-19,24-27,30,56-57H2,2,4H3,(H,60,61);2,4-6,8-9H,1,3,7H2;3H,1,4H2,2H3/t32?,42-,44?;;/m0../s1. The van der Waals surface area contributed by atoms with Gasteiger partial charge in [-0.15, -0.1) is 13.2 Å². The summed E-state index contributed by atoms with van der Waals surface area (Å²) in [6.45, 7) is 20.5. The average molecular weight is 1040 g/mol. The van der Waals surface area contributed by atoms with Gasteiger partial charge in [-0.1, -0.05) is 165 Å². The molecule has 6 aromatic carbocycles. The number of aryl methyl sites for hydroxylation is 4. The number of benzene rings is 6. The minimum atomic E-state index is -2.21. The Hall–Kier alpha value is -6.66. The molecule has 0 bridgehead atoms. The van der Waals surface area contributed by atoms with Crippen molar-refractivity contribution in [1.29, 1.82) is 0 Å². The number of thiocarbonyl (C=S) groups is 1. The summed E-state index contributed by atoms with van der Waals surface area (Å²) in [6.07, 6.45) is 11.6. The smallest absolute Gasteiger partial charge is 0.200 e. The maximum Gasteiger partial charge on any atom is 0.200 e. The van der Waals surface area contributed by atoms with E-state index in [1.165, 1.54) is 5.56 Å². The van der Waals surface area contributed by atoms with Crippen molar-refractivity contribution in [3.8, 4) is 11.1 Å². The van der Waals surface area contributed by atoms with E-state index < -0.39 is 47.1 Å². The number of rotatable bonds is 26. The second-order valence-corrected chi connectivity index (χ2v) is 19.2. The molecule has 0 fully saturated rings. The van der Waals surface area contributed by atoms with Crippen molar-refractivity contribution in [2.24, 2.45) is 5.73 Å². The van der Waals surface area contributed by atoms with Gasteiger partial charge in [-0.05, 0) is 141 Å². The van der Waals surface area contributed by atoms with Crippen molar-refractivity contribution in [3.63, 3.8) is 0 Å². The lowest BCUT2D eigenvalue weighted by atomic mass is 9.88. The normalized spacial score (nSPS) is 11.9. The predicted molar refractivity (Wildman–Crippen MR) is 309 cm³/mol. The molecule has 0 heterocycles. The van der Waals surface area contributed by atoms with E-state index in [0.29, 0.717) is 36.4 Å². The van der Waals surface area contributed by atoms with E-state index in [1.807, 2.05) is 85.9 Å². The van der Waals surface area contributed by atoms with Crippen LogP contribution in [0.15, 0.2) is 177 Å². The molecule has 3 atom stereocenters. The van der Waals surface area contributed by atoms with Crippen LogP contribution in [0, 0.1) is 29.1 Å². The number of halogens is 5. The Kier molecular flexibility index (Phi) is 26.5. The average Bonchev–Trinajstić information content (AvgIpc) is 3.43. The van der Waals surface area contributed by atoms with Gasteiger partial charge in [0.2, 0.25) is 5.82 Å². The van der Waals surface area contributed by atoms with Crippen molar-refractivity contribution in [3.05, 3.63) is 245 Å². The van der Waals surface area contributed by atoms with Gasteiger partial charge in [0.05, 0.1) is 11.0 Å². The number of nitrogen functional groups attached to an aromatic ring is 1. The molecule has 0 saturated heterocycles. The van der Waals surface area contributed by atoms with E-state index >= 15 is 8.78 Å². The number of nitrogens with two attached hydrogens (primary N) is 2. The summed E-state index contributed by atoms with van der Waals surface area (Å²) in [5.41, 5.74) is 21.9. The number of nitrogens with one attached hydrogen (secondary N) is 3. The summed E-state index contributed by atoms with van der Waals surface area (Å²) >= 11 is 5.81. The van der Waals surface area contributed by atoms with E-state index in [4.69, 9.17) is 23.7 Å². The van der Waals surface area contributed by atoms with E-state index in [0.717, 1.165) is 89.7 Å². The van der Waals surface area contributed by atoms with E-state index in [9.17, 15) is 13.2 Å². The highest BCUT2D eigenvalue weighted by molar-refractivity contribution is 7.80. The second kappa shape index (κ2) is 32.6. The molecule has 6 aromatic rings. The number of allylic oxidation sites excluding steroid dienone is 2. The first-order valence-electron chi connectivity index (χ1n) is 25.8. The van der Waals surface area contributed by atoms with Crippen LogP contribution in [-0.2, 0) is 44.9 Å². The highest BCUT2D eigenvalue weighted by atomic mass is 32.1. The Morgan fingerprint density at radius 3 is 1.71 bits per heavy atom. The molecule has 5 nitrogen and oxygen atoms in total. The minimum Gasteiger partial charge on any atom is -0.399 e. The summed E-state index contributed by atoms with van der Waals surface area (Å²) in [5.74, 6) is -9.96. The maximum atomic E-state index is 15.1. The molecule has 2 unspecified atom stereocenters. The fourth-order valence-electron chi connectivity index (χ4n) is 8.36. The van der Waals surface area contributed by atoms with Gasteiger partial charge >= 0.3 is 0 Å². The molecule has 6 rings (SSSR count). The van der Waals surface area contributed by atoms with E-state index in [1.54, 1.807) is 0 Å². The lowest BCUT2D eigenvalue weighted by molar-refractivity contribution is 0.370. The molecule has 0 aliphatic carbocycles. The summed E-state index contributed by atoms with van der Waals surface area (Å²) < 4.78 is 72.9. The molecular weight excluding hydrogens is 966 g/mol. The molecule has 0 aromatic heterocycles. The van der Waals surface area contributed by atoms with Crippen LogP contribution in [0.4, 0.5) is 27.6 Å². The molecule has 11 heteroatoms. The number of anilines is 1. The Bertz CT molecular complexity index is 2720. The molecule has 0 saturated carbocycles. The molecule has 0 amide bonds. The van der Waals surface area contributed by atoms with Crippen molar-refractivity contribution >= 4 is 22.9 Å². The molecule has 0 spiro atoms. The fourth-order valence-corrected chi connectivity index (χ4v) is 8.60. The lowest BCUT2D eigenvalue weighted by Crippen LogP contribution is -2.38. The van der Waals surface area contributed by atoms with Gasteiger partial charge in [0, 0.05) is 41.9 Å². The molecule has 7 N–H and O–H groups in total. The zero-order chi connectivity index (χ0) is 54.7. The number of hydrogen-bond donors (Lipinski definition) is 5. The molecule has 0 aliphatic rings. The van der Waals surface area contributed by atoms with Gasteiger partial charge in [-0.3, -0.25) is 0 Å². The second-order valence-electron chi connectivity index (χ2n) is 18.7. The Balaban J connectivity index is 0.000000755. The van der Waals surface area contributed by atoms with Crippen LogP contribution in [0.5, 0.6) is 0 Å². The number of hydrogen-bond acceptors (Lipinski definition) is 5. The lowest BCUT2D eigenvalue weighted by Gasteiger charge is -2.25. The third-order valence-electron chi connectivity index (χ3n) is 12.8. The van der Waals surface area contributed by atoms with Crippen LogP contribution >= 0.6 is 12.2 Å². The van der Waals surface area contributed by atoms with Crippen LogP contribution in [0.2, 0.25) is 0 Å². The van der Waals surface area contributed by atoms with Crippen LogP contribution in [-0.4, -0.2) is 36.7 Å². The van der Waals surface area contributed by atoms with Crippen molar-refractivity contribution < 1.29 is 22.0 Å². The first-order chi connectivity index (χ1) is 36.1. The quantitative estimate of drug-likeness (QED) is 0.00708. The molecule has 75 heavy (non-hydrogen) atoms. The first-order valence-corrected chi connectivity index (χ1v) is 26.2. The predicted octanol–water partition coefficient (Wildman–Crippen LogP) is 14.4. The zero-order valence-electron chi connectivity index (χ0n) is 44.0. The third kappa shape index (κ3) is 20.2. The monoisotopic (exact) mass is 1040 g/mol. The summed E-state index contributed by atoms with van der Waals surface area (Å²) in [7, 11) is 1.91. The van der Waals surface area contributed by atoms with Gasteiger partial charge in [0.1, 0.15) is 0 Å². The largest absolute Gasteiger partial charge is 0.399 e. The third-order valence-corrected chi connectivity index (χ3v) is 13.1. The summed E-state index contributed by atoms with van der Waals surface area (Å²) in [4.78, 5) is 0.474. The van der Waals surface area contributed by atoms with E-state index in [2.05, 4.69) is 117 Å². The SMILES string of the molecule is C=C(Cc1c(F)c(F)c(F)c(F)c1F)C(Cc1cc(-c2ccc(N)c(CC(C)NC(=C)[C@@H](N)CCCNC)c2)ccc1CCc1ccccc1)NC(=S)CCc1ccccc1.C=CCC.C=CCCc1ccccc1. The van der Waals surface area contributed by atoms with Gasteiger partial charge in [0.25, 0.3) is 0 Å². The molecule has 398 valence electrons. The summed E-state index contributed by atoms with van der Waals surface area (Å²) in [6, 6.07) is 41.5. The summed E-state index contributed by atoms with van der Waals surface area (Å²) in [5, 5.41) is 9.95. The van der Waals surface area contributed by atoms with Gasteiger partial charge in [-0.25, -0.2) is 22.0 Å². The molecule has 0 radical (unpaired) electrons. The Morgan fingerprint density at radius 2 is 1.16 bits per heavy atom. The van der Waals surface area contributed by atoms with E-state index in [-0.39, 0.29) is 24.1 Å². The van der Waals surface area contributed by atoms with Crippen LogP contribution in [0.1, 0.15) is 84.9 Å². The fraction of sp³-hybridized carbons (Fsp3) is 0.297. The van der Waals surface area contributed by atoms with Crippen LogP contribution in [0.3, 0.4) is 0 Å². The van der Waals surface area contributed by atoms with Crippen LogP contribution in [0.25, 0.3) is 11.1 Å². The zero-order valence-corrected chi connectivity index (χ0v) is 44.8. The van der Waals surface area contributed by atoms with Crippen LogP contribution < -0.4 is 27.4 Å². The topological polar surface area (TPSA) is 88.1 Å². The van der Waals surface area contributed by atoms with Crippen molar-refractivity contribution in [1.82, 2.24) is 16.0 Å². The van der Waals surface area contributed by atoms with Crippen molar-refractivity contribution in [2.75, 3.05) is 19.3 Å². The van der Waals surface area contributed by atoms with Gasteiger partial charge < -0.3 is 27.4 Å². The highest BCUT2D eigenvalue weighted by Gasteiger charge is 2.28. The van der Waals surface area contributed by atoms with Gasteiger partial charge in [-0.2, -0.15) is 0 Å². The molecule has 0 aliphatic heterocycles. The first kappa shape index (κ1) is 60.9. The molecular formula is C64H76F5N5S. The minimum absolute atomic E-state index is 0.00220. The van der Waals surface area contributed by atoms with Gasteiger partial charge in [0.15, 0.2) is 23.3 Å². The van der Waals surface area contributed by atoms with Crippen molar-refractivity contribution in [2.45, 2.75) is 109 Å². The maximum absolute atomic E-state index is 15.1. The Labute approximate surface area is 449 Å².